The molecule has 0 saturated carbocycles. The van der Waals surface area contributed by atoms with E-state index in [2.05, 4.69) is 22.0 Å². The van der Waals surface area contributed by atoms with Crippen molar-refractivity contribution in [2.75, 3.05) is 58.3 Å². The maximum Gasteiger partial charge on any atom is 0.261 e. The summed E-state index contributed by atoms with van der Waals surface area (Å²) >= 11 is 0. The summed E-state index contributed by atoms with van der Waals surface area (Å²) in [7, 11) is 3.72. The van der Waals surface area contributed by atoms with E-state index in [0.29, 0.717) is 17.1 Å². The van der Waals surface area contributed by atoms with Gasteiger partial charge in [-0.25, -0.2) is 0 Å². The first-order chi connectivity index (χ1) is 13.2. The number of carbonyl (C=O) groups is 1. The van der Waals surface area contributed by atoms with Crippen LogP contribution in [-0.4, -0.2) is 74.3 Å². The number of amides is 1. The third kappa shape index (κ3) is 3.51. The molecule has 2 aliphatic rings. The molecule has 0 N–H and O–H groups in total. The number of rotatable bonds is 4. The Hall–Kier alpha value is -2.54. The molecule has 0 radical (unpaired) electrons. The molecule has 1 aromatic carbocycles. The topological polar surface area (TPSA) is 62.1 Å². The van der Waals surface area contributed by atoms with Crippen molar-refractivity contribution in [1.82, 2.24) is 15.0 Å². The quantitative estimate of drug-likeness (QED) is 0.823. The molecule has 3 heterocycles. The average molecular weight is 370 g/mol. The maximum absolute atomic E-state index is 13.4. The molecule has 0 spiro atoms. The predicted octanol–water partition coefficient (Wildman–Crippen LogP) is 2.34. The lowest BCUT2D eigenvalue weighted by molar-refractivity contribution is 0.0665. The average Bonchev–Trinajstić information content (AvgIpc) is 3.37. The maximum atomic E-state index is 13.4. The second-order valence-electron chi connectivity index (χ2n) is 7.23. The highest BCUT2D eigenvalue weighted by Crippen LogP contribution is 2.34. The minimum atomic E-state index is 0.0112. The summed E-state index contributed by atoms with van der Waals surface area (Å²) in [5.41, 5.74) is 1.43. The van der Waals surface area contributed by atoms with Crippen LogP contribution in [0.4, 0.5) is 5.82 Å². The number of methoxy groups -OCH3 is 1. The van der Waals surface area contributed by atoms with E-state index >= 15 is 0 Å². The van der Waals surface area contributed by atoms with Gasteiger partial charge >= 0.3 is 0 Å². The SMILES string of the molecule is COc1ccc(-c2onc(N3CCCC3)c2C(=O)N2CCN(C)CC2)cc1. The molecule has 2 fully saturated rings. The van der Waals surface area contributed by atoms with E-state index in [-0.39, 0.29) is 5.91 Å². The van der Waals surface area contributed by atoms with Crippen LogP contribution in [0.1, 0.15) is 23.2 Å². The van der Waals surface area contributed by atoms with E-state index in [1.807, 2.05) is 29.2 Å². The van der Waals surface area contributed by atoms with Crippen LogP contribution in [0.15, 0.2) is 28.8 Å². The third-order valence-corrected chi connectivity index (χ3v) is 5.44. The smallest absolute Gasteiger partial charge is 0.261 e. The van der Waals surface area contributed by atoms with Gasteiger partial charge in [0, 0.05) is 44.8 Å². The lowest BCUT2D eigenvalue weighted by Crippen LogP contribution is -2.47. The van der Waals surface area contributed by atoms with Crippen molar-refractivity contribution >= 4 is 11.7 Å². The van der Waals surface area contributed by atoms with Crippen molar-refractivity contribution in [2.45, 2.75) is 12.8 Å². The number of hydrogen-bond donors (Lipinski definition) is 0. The van der Waals surface area contributed by atoms with Gasteiger partial charge in [0.15, 0.2) is 11.6 Å². The number of anilines is 1. The summed E-state index contributed by atoms with van der Waals surface area (Å²) in [6, 6.07) is 7.57. The Balaban J connectivity index is 1.71. The second kappa shape index (κ2) is 7.60. The number of likely N-dealkylation sites (N-methyl/N-ethyl adjacent to an activating group) is 1. The Labute approximate surface area is 159 Å². The number of aromatic nitrogens is 1. The summed E-state index contributed by atoms with van der Waals surface area (Å²) in [6.45, 7) is 5.04. The molecule has 7 nitrogen and oxygen atoms in total. The first-order valence-electron chi connectivity index (χ1n) is 9.54. The number of hydrogen-bond acceptors (Lipinski definition) is 6. The molecule has 0 unspecified atom stereocenters. The van der Waals surface area contributed by atoms with Crippen molar-refractivity contribution in [3.63, 3.8) is 0 Å². The van der Waals surface area contributed by atoms with Gasteiger partial charge in [0.2, 0.25) is 0 Å². The van der Waals surface area contributed by atoms with E-state index in [9.17, 15) is 4.79 Å². The summed E-state index contributed by atoms with van der Waals surface area (Å²) in [5.74, 6) is 2.01. The molecule has 27 heavy (non-hydrogen) atoms. The van der Waals surface area contributed by atoms with Crippen LogP contribution in [0.3, 0.4) is 0 Å². The van der Waals surface area contributed by atoms with Crippen molar-refractivity contribution in [3.05, 3.63) is 29.8 Å². The molecule has 1 aromatic heterocycles. The Morgan fingerprint density at radius 2 is 1.70 bits per heavy atom. The summed E-state index contributed by atoms with van der Waals surface area (Å²) in [4.78, 5) is 19.7. The minimum absolute atomic E-state index is 0.0112. The van der Waals surface area contributed by atoms with Gasteiger partial charge in [-0.15, -0.1) is 0 Å². The molecule has 0 atom stereocenters. The Morgan fingerprint density at radius 3 is 2.33 bits per heavy atom. The number of piperazine rings is 1. The van der Waals surface area contributed by atoms with E-state index in [0.717, 1.165) is 63.4 Å². The van der Waals surface area contributed by atoms with Gasteiger partial charge in [0.1, 0.15) is 11.3 Å². The molecule has 2 saturated heterocycles. The highest BCUT2D eigenvalue weighted by Gasteiger charge is 2.32. The zero-order valence-corrected chi connectivity index (χ0v) is 16.0. The van der Waals surface area contributed by atoms with Crippen molar-refractivity contribution in [3.8, 4) is 17.1 Å². The molecule has 1 amide bonds. The van der Waals surface area contributed by atoms with Crippen molar-refractivity contribution < 1.29 is 14.1 Å². The van der Waals surface area contributed by atoms with E-state index in [1.165, 1.54) is 0 Å². The number of carbonyl (C=O) groups excluding carboxylic acids is 1. The number of ether oxygens (including phenoxy) is 1. The van der Waals surface area contributed by atoms with E-state index < -0.39 is 0 Å². The van der Waals surface area contributed by atoms with Crippen LogP contribution in [0.5, 0.6) is 5.75 Å². The Bertz CT molecular complexity index is 788. The lowest BCUT2D eigenvalue weighted by Gasteiger charge is -2.32. The molecule has 144 valence electrons. The van der Waals surface area contributed by atoms with Gasteiger partial charge in [0.25, 0.3) is 5.91 Å². The third-order valence-electron chi connectivity index (χ3n) is 5.44. The van der Waals surface area contributed by atoms with Crippen LogP contribution in [0.25, 0.3) is 11.3 Å². The lowest BCUT2D eigenvalue weighted by atomic mass is 10.1. The van der Waals surface area contributed by atoms with Crippen LogP contribution >= 0.6 is 0 Å². The second-order valence-corrected chi connectivity index (χ2v) is 7.23. The monoisotopic (exact) mass is 370 g/mol. The molecule has 2 aliphatic heterocycles. The van der Waals surface area contributed by atoms with Crippen LogP contribution < -0.4 is 9.64 Å². The fourth-order valence-corrected chi connectivity index (χ4v) is 3.73. The summed E-state index contributed by atoms with van der Waals surface area (Å²) in [6.07, 6.45) is 2.24. The molecular weight excluding hydrogens is 344 g/mol. The fraction of sp³-hybridized carbons (Fsp3) is 0.500. The molecule has 2 aromatic rings. The van der Waals surface area contributed by atoms with Gasteiger partial charge in [-0.1, -0.05) is 5.16 Å². The van der Waals surface area contributed by atoms with E-state index in [4.69, 9.17) is 9.26 Å². The van der Waals surface area contributed by atoms with Gasteiger partial charge in [-0.3, -0.25) is 4.79 Å². The molecule has 0 aliphatic carbocycles. The van der Waals surface area contributed by atoms with E-state index in [1.54, 1.807) is 7.11 Å². The Kier molecular flexibility index (Phi) is 5.03. The predicted molar refractivity (Wildman–Crippen MR) is 103 cm³/mol. The zero-order chi connectivity index (χ0) is 18.8. The van der Waals surface area contributed by atoms with Crippen molar-refractivity contribution in [1.29, 1.82) is 0 Å². The zero-order valence-electron chi connectivity index (χ0n) is 16.0. The summed E-state index contributed by atoms with van der Waals surface area (Å²) in [5, 5.41) is 4.31. The highest BCUT2D eigenvalue weighted by molar-refractivity contribution is 6.04. The minimum Gasteiger partial charge on any atom is -0.497 e. The normalized spacial score (nSPS) is 18.1. The van der Waals surface area contributed by atoms with Crippen LogP contribution in [0, 0.1) is 0 Å². The fourth-order valence-electron chi connectivity index (χ4n) is 3.73. The Morgan fingerprint density at radius 1 is 1.04 bits per heavy atom. The molecule has 4 rings (SSSR count). The molecule has 0 bridgehead atoms. The summed E-state index contributed by atoms with van der Waals surface area (Å²) < 4.78 is 11.0. The first kappa shape index (κ1) is 17.9. The van der Waals surface area contributed by atoms with Gasteiger partial charge in [0.05, 0.1) is 7.11 Å². The largest absolute Gasteiger partial charge is 0.497 e. The van der Waals surface area contributed by atoms with Crippen molar-refractivity contribution in [2.24, 2.45) is 0 Å². The van der Waals surface area contributed by atoms with Gasteiger partial charge in [-0.2, -0.15) is 0 Å². The van der Waals surface area contributed by atoms with Gasteiger partial charge in [-0.05, 0) is 44.2 Å². The first-order valence-corrected chi connectivity index (χ1v) is 9.54. The highest BCUT2D eigenvalue weighted by atomic mass is 16.5. The number of nitrogens with zero attached hydrogens (tertiary/aromatic N) is 4. The molecule has 7 heteroatoms. The van der Waals surface area contributed by atoms with Crippen LogP contribution in [-0.2, 0) is 0 Å². The van der Waals surface area contributed by atoms with Crippen LogP contribution in [0.2, 0.25) is 0 Å². The standard InChI is InChI=1S/C20H26N4O3/c1-22-11-13-24(14-12-22)20(25)17-18(15-5-7-16(26-2)8-6-15)27-21-19(17)23-9-3-4-10-23/h5-8H,3-4,9-14H2,1-2H3. The number of benzene rings is 1. The molecular formula is C20H26N4O3. The van der Waals surface area contributed by atoms with Gasteiger partial charge < -0.3 is 24.0 Å².